The van der Waals surface area contributed by atoms with Crippen molar-refractivity contribution in [3.63, 3.8) is 0 Å². The van der Waals surface area contributed by atoms with Crippen molar-refractivity contribution in [1.82, 2.24) is 9.88 Å². The number of hydrogen-bond acceptors (Lipinski definition) is 2. The van der Waals surface area contributed by atoms with E-state index in [2.05, 4.69) is 29.8 Å². The molecule has 1 aliphatic rings. The van der Waals surface area contributed by atoms with E-state index in [-0.39, 0.29) is 0 Å². The molecule has 0 radical (unpaired) electrons. The molecule has 106 valence electrons. The molecule has 4 nitrogen and oxygen atoms in total. The normalized spacial score (nSPS) is 15.2. The Morgan fingerprint density at radius 1 is 1.40 bits per heavy atom. The zero-order chi connectivity index (χ0) is 14.3. The quantitative estimate of drug-likeness (QED) is 0.879. The number of rotatable bonds is 5. The molecule has 0 atom stereocenters. The van der Waals surface area contributed by atoms with Gasteiger partial charge in [0.1, 0.15) is 0 Å². The number of hydrogen-bond donors (Lipinski definition) is 2. The summed E-state index contributed by atoms with van der Waals surface area (Å²) < 4.78 is 2.29. The van der Waals surface area contributed by atoms with Gasteiger partial charge in [-0.15, -0.1) is 0 Å². The standard InChI is InChI=1S/C16H20N2O2/c1-10(2)18-14(9-17-13-4-5-13)8-12-7-11(16(19)20)3-6-15(12)18/h3,6-8,10,13,17H,4-5,9H2,1-2H3,(H,19,20). The van der Waals surface area contributed by atoms with Gasteiger partial charge >= 0.3 is 5.97 Å². The van der Waals surface area contributed by atoms with Crippen LogP contribution in [0, 0.1) is 0 Å². The third kappa shape index (κ3) is 2.43. The first-order valence-corrected chi connectivity index (χ1v) is 7.17. The molecule has 0 unspecified atom stereocenters. The highest BCUT2D eigenvalue weighted by atomic mass is 16.4. The Hall–Kier alpha value is -1.81. The van der Waals surface area contributed by atoms with Crippen LogP contribution in [0.4, 0.5) is 0 Å². The molecule has 0 spiro atoms. The number of carboxylic acid groups (broad SMARTS) is 1. The van der Waals surface area contributed by atoms with Crippen molar-refractivity contribution in [2.24, 2.45) is 0 Å². The molecule has 0 saturated heterocycles. The molecular weight excluding hydrogens is 252 g/mol. The summed E-state index contributed by atoms with van der Waals surface area (Å²) in [7, 11) is 0. The zero-order valence-corrected chi connectivity index (χ0v) is 11.9. The maximum absolute atomic E-state index is 11.1. The van der Waals surface area contributed by atoms with Gasteiger partial charge < -0.3 is 15.0 Å². The van der Waals surface area contributed by atoms with Gasteiger partial charge in [0.05, 0.1) is 5.56 Å². The fraction of sp³-hybridized carbons (Fsp3) is 0.438. The van der Waals surface area contributed by atoms with Gasteiger partial charge in [0, 0.05) is 35.2 Å². The molecule has 0 aliphatic heterocycles. The summed E-state index contributed by atoms with van der Waals surface area (Å²) in [5.41, 5.74) is 2.68. The number of aromatic carboxylic acids is 1. The van der Waals surface area contributed by atoms with Crippen LogP contribution in [0.1, 0.15) is 48.8 Å². The maximum atomic E-state index is 11.1. The second-order valence-electron chi connectivity index (χ2n) is 5.83. The number of aromatic nitrogens is 1. The lowest BCUT2D eigenvalue weighted by atomic mass is 10.1. The van der Waals surface area contributed by atoms with Gasteiger partial charge in [-0.25, -0.2) is 4.79 Å². The number of nitrogens with zero attached hydrogens (tertiary/aromatic N) is 1. The first-order valence-electron chi connectivity index (χ1n) is 7.17. The average Bonchev–Trinajstić information content (AvgIpc) is 3.14. The Morgan fingerprint density at radius 2 is 2.15 bits per heavy atom. The van der Waals surface area contributed by atoms with Gasteiger partial charge in [0.15, 0.2) is 0 Å². The largest absolute Gasteiger partial charge is 0.478 e. The van der Waals surface area contributed by atoms with E-state index < -0.39 is 5.97 Å². The van der Waals surface area contributed by atoms with Gasteiger partial charge in [-0.3, -0.25) is 0 Å². The molecule has 1 fully saturated rings. The van der Waals surface area contributed by atoms with Crippen molar-refractivity contribution in [2.45, 2.75) is 45.3 Å². The topological polar surface area (TPSA) is 54.3 Å². The molecule has 1 aliphatic carbocycles. The summed E-state index contributed by atoms with van der Waals surface area (Å²) in [6.07, 6.45) is 2.54. The number of nitrogens with one attached hydrogen (secondary N) is 1. The summed E-state index contributed by atoms with van der Waals surface area (Å²) in [5, 5.41) is 13.6. The number of benzene rings is 1. The predicted molar refractivity (Wildman–Crippen MR) is 79.1 cm³/mol. The molecule has 4 heteroatoms. The van der Waals surface area contributed by atoms with E-state index in [9.17, 15) is 4.79 Å². The molecule has 1 aromatic carbocycles. The van der Waals surface area contributed by atoms with Gasteiger partial charge in [0.25, 0.3) is 0 Å². The van der Waals surface area contributed by atoms with E-state index in [4.69, 9.17) is 5.11 Å². The Bertz CT molecular complexity index is 654. The highest BCUT2D eigenvalue weighted by molar-refractivity contribution is 5.94. The van der Waals surface area contributed by atoms with Crippen molar-refractivity contribution >= 4 is 16.9 Å². The third-order valence-corrected chi connectivity index (χ3v) is 3.83. The summed E-state index contributed by atoms with van der Waals surface area (Å²) in [6, 6.07) is 8.50. The van der Waals surface area contributed by atoms with E-state index in [1.807, 2.05) is 6.07 Å². The minimum Gasteiger partial charge on any atom is -0.478 e. The minimum atomic E-state index is -0.873. The molecule has 3 rings (SSSR count). The van der Waals surface area contributed by atoms with E-state index in [1.54, 1.807) is 12.1 Å². The van der Waals surface area contributed by atoms with Crippen LogP contribution in [0.15, 0.2) is 24.3 Å². The lowest BCUT2D eigenvalue weighted by Crippen LogP contribution is -2.18. The predicted octanol–water partition coefficient (Wildman–Crippen LogP) is 3.17. The van der Waals surface area contributed by atoms with E-state index in [1.165, 1.54) is 18.5 Å². The minimum absolute atomic E-state index is 0.347. The molecule has 1 heterocycles. The molecule has 0 bridgehead atoms. The summed E-state index contributed by atoms with van der Waals surface area (Å²) in [6.45, 7) is 5.16. The first kappa shape index (κ1) is 13.2. The SMILES string of the molecule is CC(C)n1c(CNC2CC2)cc2cc(C(=O)O)ccc21. The zero-order valence-electron chi connectivity index (χ0n) is 11.9. The number of carboxylic acids is 1. The second kappa shape index (κ2) is 4.94. The van der Waals surface area contributed by atoms with Crippen LogP contribution in [0.25, 0.3) is 10.9 Å². The molecule has 20 heavy (non-hydrogen) atoms. The van der Waals surface area contributed by atoms with Gasteiger partial charge in [-0.1, -0.05) is 0 Å². The lowest BCUT2D eigenvalue weighted by molar-refractivity contribution is 0.0697. The van der Waals surface area contributed by atoms with Crippen molar-refractivity contribution in [3.8, 4) is 0 Å². The average molecular weight is 272 g/mol. The van der Waals surface area contributed by atoms with E-state index >= 15 is 0 Å². The molecule has 0 amide bonds. The number of carbonyl (C=O) groups is 1. The van der Waals surface area contributed by atoms with Crippen molar-refractivity contribution in [1.29, 1.82) is 0 Å². The van der Waals surface area contributed by atoms with Crippen LogP contribution in [0.5, 0.6) is 0 Å². The second-order valence-corrected chi connectivity index (χ2v) is 5.83. The smallest absolute Gasteiger partial charge is 0.335 e. The van der Waals surface area contributed by atoms with Crippen molar-refractivity contribution in [2.75, 3.05) is 0 Å². The summed E-state index contributed by atoms with van der Waals surface area (Å²) in [4.78, 5) is 11.1. The van der Waals surface area contributed by atoms with Crippen LogP contribution in [-0.4, -0.2) is 21.7 Å². The van der Waals surface area contributed by atoms with Crippen LogP contribution in [0.3, 0.4) is 0 Å². The Labute approximate surface area is 118 Å². The Balaban J connectivity index is 2.02. The van der Waals surface area contributed by atoms with Crippen LogP contribution in [0.2, 0.25) is 0 Å². The third-order valence-electron chi connectivity index (χ3n) is 3.83. The highest BCUT2D eigenvalue weighted by Gasteiger charge is 2.21. The fourth-order valence-corrected chi connectivity index (χ4v) is 2.71. The molecule has 2 aromatic rings. The molecule has 1 saturated carbocycles. The van der Waals surface area contributed by atoms with E-state index in [0.29, 0.717) is 17.6 Å². The highest BCUT2D eigenvalue weighted by Crippen LogP contribution is 2.26. The van der Waals surface area contributed by atoms with Crippen molar-refractivity contribution < 1.29 is 9.90 Å². The van der Waals surface area contributed by atoms with Gasteiger partial charge in [0.2, 0.25) is 0 Å². The molecular formula is C16H20N2O2. The monoisotopic (exact) mass is 272 g/mol. The van der Waals surface area contributed by atoms with Crippen molar-refractivity contribution in [3.05, 3.63) is 35.5 Å². The van der Waals surface area contributed by atoms with Crippen LogP contribution in [-0.2, 0) is 6.54 Å². The Kier molecular flexibility index (Phi) is 3.26. The number of fused-ring (bicyclic) bond motifs is 1. The fourth-order valence-electron chi connectivity index (χ4n) is 2.71. The Morgan fingerprint density at radius 3 is 2.75 bits per heavy atom. The van der Waals surface area contributed by atoms with Crippen LogP contribution < -0.4 is 5.32 Å². The summed E-state index contributed by atoms with van der Waals surface area (Å²) >= 11 is 0. The van der Waals surface area contributed by atoms with E-state index in [0.717, 1.165) is 17.4 Å². The van der Waals surface area contributed by atoms with Gasteiger partial charge in [-0.05, 0) is 51.0 Å². The first-order chi connectivity index (χ1) is 9.56. The molecule has 1 aromatic heterocycles. The summed E-state index contributed by atoms with van der Waals surface area (Å²) in [5.74, 6) is -0.873. The van der Waals surface area contributed by atoms with Gasteiger partial charge in [-0.2, -0.15) is 0 Å². The lowest BCUT2D eigenvalue weighted by Gasteiger charge is -2.15. The van der Waals surface area contributed by atoms with Crippen LogP contribution >= 0.6 is 0 Å². The maximum Gasteiger partial charge on any atom is 0.335 e. The molecule has 2 N–H and O–H groups in total.